The van der Waals surface area contributed by atoms with Crippen LogP contribution in [0.5, 0.6) is 5.75 Å². The van der Waals surface area contributed by atoms with Crippen LogP contribution in [0.4, 0.5) is 5.69 Å². The molecule has 0 heterocycles. The minimum Gasteiger partial charge on any atom is -0.505 e. The summed E-state index contributed by atoms with van der Waals surface area (Å²) in [7, 11) is 1.81. The van der Waals surface area contributed by atoms with E-state index < -0.39 is 0 Å². The van der Waals surface area contributed by atoms with Gasteiger partial charge in [-0.2, -0.15) is 0 Å². The molecule has 0 aliphatic heterocycles. The Balaban J connectivity index is 3.29. The van der Waals surface area contributed by atoms with E-state index in [4.69, 9.17) is 0 Å². The molecule has 2 nitrogen and oxygen atoms in total. The molecule has 1 aromatic carbocycles. The Morgan fingerprint density at radius 3 is 2.18 bits per heavy atom. The fourth-order valence-electron chi connectivity index (χ4n) is 1.11. The maximum absolute atomic E-state index is 9.52. The van der Waals surface area contributed by atoms with Crippen molar-refractivity contribution < 1.29 is 5.11 Å². The number of phenols is 1. The van der Waals surface area contributed by atoms with Crippen molar-refractivity contribution in [3.05, 3.63) is 23.3 Å². The summed E-state index contributed by atoms with van der Waals surface area (Å²) in [5.74, 6) is 0.354. The van der Waals surface area contributed by atoms with E-state index in [1.807, 2.05) is 33.0 Å². The molecule has 0 radical (unpaired) electrons. The van der Waals surface area contributed by atoms with Crippen LogP contribution < -0.4 is 5.32 Å². The van der Waals surface area contributed by atoms with Crippen LogP contribution in [0, 0.1) is 13.8 Å². The summed E-state index contributed by atoms with van der Waals surface area (Å²) < 4.78 is 0. The fraction of sp³-hybridized carbons (Fsp3) is 0.333. The van der Waals surface area contributed by atoms with E-state index in [1.54, 1.807) is 0 Å². The maximum Gasteiger partial charge on any atom is 0.141 e. The molecule has 60 valence electrons. The molecular weight excluding hydrogens is 138 g/mol. The number of phenolic OH excluding ortho intramolecular Hbond substituents is 1. The van der Waals surface area contributed by atoms with Crippen molar-refractivity contribution in [2.75, 3.05) is 12.4 Å². The lowest BCUT2D eigenvalue weighted by Gasteiger charge is -2.08. The zero-order valence-corrected chi connectivity index (χ0v) is 7.10. The third-order valence-corrected chi connectivity index (χ3v) is 1.84. The summed E-state index contributed by atoms with van der Waals surface area (Å²) >= 11 is 0. The Hall–Kier alpha value is -1.18. The van der Waals surface area contributed by atoms with Crippen molar-refractivity contribution in [3.63, 3.8) is 0 Å². The van der Waals surface area contributed by atoms with Gasteiger partial charge in [0, 0.05) is 7.05 Å². The highest BCUT2D eigenvalue weighted by molar-refractivity contribution is 5.63. The molecule has 0 unspecified atom stereocenters. The lowest BCUT2D eigenvalue weighted by atomic mass is 10.1. The normalized spacial score (nSPS) is 9.73. The van der Waals surface area contributed by atoms with Gasteiger partial charge in [0.05, 0.1) is 5.69 Å². The van der Waals surface area contributed by atoms with Crippen LogP contribution in [-0.2, 0) is 0 Å². The number of aromatic hydroxyl groups is 1. The zero-order chi connectivity index (χ0) is 8.43. The van der Waals surface area contributed by atoms with Crippen LogP contribution in [0.2, 0.25) is 0 Å². The predicted octanol–water partition coefficient (Wildman–Crippen LogP) is 2.05. The van der Waals surface area contributed by atoms with E-state index in [0.717, 1.165) is 16.8 Å². The smallest absolute Gasteiger partial charge is 0.141 e. The van der Waals surface area contributed by atoms with Crippen molar-refractivity contribution in [2.45, 2.75) is 13.8 Å². The van der Waals surface area contributed by atoms with Gasteiger partial charge < -0.3 is 10.4 Å². The molecule has 0 bridgehead atoms. The van der Waals surface area contributed by atoms with Crippen LogP contribution in [0.25, 0.3) is 0 Å². The number of benzene rings is 1. The molecular formula is C9H13NO. The van der Waals surface area contributed by atoms with E-state index in [0.29, 0.717) is 5.75 Å². The molecule has 0 amide bonds. The van der Waals surface area contributed by atoms with E-state index >= 15 is 0 Å². The Morgan fingerprint density at radius 2 is 1.73 bits per heavy atom. The molecule has 0 aliphatic rings. The maximum atomic E-state index is 9.52. The van der Waals surface area contributed by atoms with Crippen molar-refractivity contribution >= 4 is 5.69 Å². The molecule has 0 spiro atoms. The molecule has 0 saturated carbocycles. The summed E-state index contributed by atoms with van der Waals surface area (Å²) in [6.07, 6.45) is 0. The van der Waals surface area contributed by atoms with Gasteiger partial charge in [-0.15, -0.1) is 0 Å². The second-order valence-electron chi connectivity index (χ2n) is 2.67. The quantitative estimate of drug-likeness (QED) is 0.602. The molecule has 11 heavy (non-hydrogen) atoms. The van der Waals surface area contributed by atoms with Crippen molar-refractivity contribution in [1.82, 2.24) is 0 Å². The fourth-order valence-corrected chi connectivity index (χ4v) is 1.11. The van der Waals surface area contributed by atoms with E-state index in [-0.39, 0.29) is 0 Å². The minimum absolute atomic E-state index is 0.354. The first kappa shape index (κ1) is 7.92. The highest BCUT2D eigenvalue weighted by atomic mass is 16.3. The molecule has 1 rings (SSSR count). The molecule has 2 heteroatoms. The highest BCUT2D eigenvalue weighted by Gasteiger charge is 2.04. The third kappa shape index (κ3) is 1.29. The van der Waals surface area contributed by atoms with E-state index in [9.17, 15) is 5.11 Å². The topological polar surface area (TPSA) is 32.3 Å². The first-order valence-corrected chi connectivity index (χ1v) is 3.63. The monoisotopic (exact) mass is 151 g/mol. The lowest BCUT2D eigenvalue weighted by molar-refractivity contribution is 0.473. The average Bonchev–Trinajstić information content (AvgIpc) is 1.99. The van der Waals surface area contributed by atoms with Gasteiger partial charge in [0.15, 0.2) is 0 Å². The first-order valence-electron chi connectivity index (χ1n) is 3.63. The Labute approximate surface area is 66.9 Å². The standard InChI is InChI=1S/C9H13NO/c1-6-4-5-7(2)9(11)8(6)10-3/h4-5,10-11H,1-3H3. The number of anilines is 1. The molecule has 0 fully saturated rings. The van der Waals surface area contributed by atoms with Gasteiger partial charge in [0.25, 0.3) is 0 Å². The third-order valence-electron chi connectivity index (χ3n) is 1.84. The van der Waals surface area contributed by atoms with Crippen molar-refractivity contribution in [1.29, 1.82) is 0 Å². The van der Waals surface area contributed by atoms with Gasteiger partial charge in [0.2, 0.25) is 0 Å². The van der Waals surface area contributed by atoms with Gasteiger partial charge in [0.1, 0.15) is 5.75 Å². The number of rotatable bonds is 1. The molecule has 2 N–H and O–H groups in total. The summed E-state index contributed by atoms with van der Waals surface area (Å²) in [6, 6.07) is 3.90. The predicted molar refractivity (Wildman–Crippen MR) is 47.1 cm³/mol. The van der Waals surface area contributed by atoms with Gasteiger partial charge in [-0.05, 0) is 25.0 Å². The highest BCUT2D eigenvalue weighted by Crippen LogP contribution is 2.29. The van der Waals surface area contributed by atoms with Crippen LogP contribution in [0.1, 0.15) is 11.1 Å². The summed E-state index contributed by atoms with van der Waals surface area (Å²) in [5.41, 5.74) is 2.79. The molecule has 1 aromatic rings. The van der Waals surface area contributed by atoms with Crippen molar-refractivity contribution in [2.24, 2.45) is 0 Å². The molecule has 0 aromatic heterocycles. The largest absolute Gasteiger partial charge is 0.505 e. The number of hydrogen-bond donors (Lipinski definition) is 2. The van der Waals surface area contributed by atoms with Crippen LogP contribution in [0.15, 0.2) is 12.1 Å². The summed E-state index contributed by atoms with van der Waals surface area (Å²) in [5, 5.41) is 12.5. The number of nitrogens with one attached hydrogen (secondary N) is 1. The number of aryl methyl sites for hydroxylation is 2. The van der Waals surface area contributed by atoms with Crippen LogP contribution >= 0.6 is 0 Å². The number of hydrogen-bond acceptors (Lipinski definition) is 2. The van der Waals surface area contributed by atoms with E-state index in [1.165, 1.54) is 0 Å². The second-order valence-corrected chi connectivity index (χ2v) is 2.67. The first-order chi connectivity index (χ1) is 5.16. The van der Waals surface area contributed by atoms with E-state index in [2.05, 4.69) is 5.32 Å². The van der Waals surface area contributed by atoms with Gasteiger partial charge >= 0.3 is 0 Å². The van der Waals surface area contributed by atoms with Gasteiger partial charge in [-0.1, -0.05) is 12.1 Å². The summed E-state index contributed by atoms with van der Waals surface area (Å²) in [6.45, 7) is 3.85. The van der Waals surface area contributed by atoms with Crippen molar-refractivity contribution in [3.8, 4) is 5.75 Å². The SMILES string of the molecule is CNc1c(C)ccc(C)c1O. The second kappa shape index (κ2) is 2.82. The lowest BCUT2D eigenvalue weighted by Crippen LogP contribution is -1.93. The van der Waals surface area contributed by atoms with Crippen LogP contribution in [-0.4, -0.2) is 12.2 Å². The molecule has 0 atom stereocenters. The van der Waals surface area contributed by atoms with Gasteiger partial charge in [-0.25, -0.2) is 0 Å². The van der Waals surface area contributed by atoms with Gasteiger partial charge in [-0.3, -0.25) is 0 Å². The molecule has 0 aliphatic carbocycles. The average molecular weight is 151 g/mol. The Kier molecular flexibility index (Phi) is 2.03. The molecule has 0 saturated heterocycles. The Bertz CT molecular complexity index is 269. The summed E-state index contributed by atoms with van der Waals surface area (Å²) in [4.78, 5) is 0. The van der Waals surface area contributed by atoms with Crippen LogP contribution in [0.3, 0.4) is 0 Å². The zero-order valence-electron chi connectivity index (χ0n) is 7.10. The minimum atomic E-state index is 0.354. The Morgan fingerprint density at radius 1 is 1.18 bits per heavy atom.